The van der Waals surface area contributed by atoms with Gasteiger partial charge in [0.1, 0.15) is 6.10 Å². The summed E-state index contributed by atoms with van der Waals surface area (Å²) in [6, 6.07) is 11.4. The second-order valence-corrected chi connectivity index (χ2v) is 4.84. The normalized spacial score (nSPS) is 25.7. The average molecular weight is 263 g/mol. The van der Waals surface area contributed by atoms with E-state index in [0.717, 1.165) is 5.56 Å². The van der Waals surface area contributed by atoms with Gasteiger partial charge in [0.15, 0.2) is 0 Å². The van der Waals surface area contributed by atoms with Crippen molar-refractivity contribution in [3.8, 4) is 6.07 Å². The predicted octanol–water partition coefficient (Wildman–Crippen LogP) is 3.00. The third kappa shape index (κ3) is 3.31. The largest absolute Gasteiger partial charge is 0.368 e. The van der Waals surface area contributed by atoms with Gasteiger partial charge in [-0.15, -0.1) is 0 Å². The minimum atomic E-state index is -1.83. The number of halogens is 1. The Morgan fingerprint density at radius 3 is 2.79 bits per heavy atom. The van der Waals surface area contributed by atoms with Crippen molar-refractivity contribution >= 4 is 0 Å². The summed E-state index contributed by atoms with van der Waals surface area (Å²) in [7, 11) is 1.36. The molecule has 1 aromatic carbocycles. The van der Waals surface area contributed by atoms with Gasteiger partial charge in [-0.25, -0.2) is 4.39 Å². The molecule has 0 radical (unpaired) electrons. The highest BCUT2D eigenvalue weighted by Crippen LogP contribution is 2.35. The molecule has 0 aliphatic carbocycles. The maximum Gasteiger partial charge on any atom is 0.239 e. The molecule has 3 atom stereocenters. The van der Waals surface area contributed by atoms with Crippen molar-refractivity contribution < 1.29 is 13.9 Å². The minimum Gasteiger partial charge on any atom is -0.368 e. The summed E-state index contributed by atoms with van der Waals surface area (Å²) in [4.78, 5) is 0. The zero-order valence-corrected chi connectivity index (χ0v) is 11.0. The molecule has 1 aromatic rings. The van der Waals surface area contributed by atoms with Crippen molar-refractivity contribution in [3.63, 3.8) is 0 Å². The SMILES string of the molecule is COC(F)(Cc1ccccc1)C1CCC(CC#N)O1. The Morgan fingerprint density at radius 2 is 2.16 bits per heavy atom. The maximum absolute atomic E-state index is 14.9. The van der Waals surface area contributed by atoms with E-state index in [9.17, 15) is 4.39 Å². The molecule has 0 N–H and O–H groups in total. The Bertz CT molecular complexity index is 445. The molecule has 0 saturated carbocycles. The van der Waals surface area contributed by atoms with Crippen molar-refractivity contribution in [2.75, 3.05) is 7.11 Å². The molecule has 3 unspecified atom stereocenters. The monoisotopic (exact) mass is 263 g/mol. The van der Waals surface area contributed by atoms with Crippen molar-refractivity contribution in [1.82, 2.24) is 0 Å². The van der Waals surface area contributed by atoms with Gasteiger partial charge in [-0.3, -0.25) is 0 Å². The van der Waals surface area contributed by atoms with Crippen LogP contribution < -0.4 is 0 Å². The lowest BCUT2D eigenvalue weighted by Crippen LogP contribution is -2.42. The van der Waals surface area contributed by atoms with Crippen molar-refractivity contribution in [1.29, 1.82) is 5.26 Å². The molecule has 2 rings (SSSR count). The zero-order valence-electron chi connectivity index (χ0n) is 11.0. The molecule has 0 spiro atoms. The van der Waals surface area contributed by atoms with Crippen molar-refractivity contribution in [2.45, 2.75) is 43.7 Å². The molecule has 0 bridgehead atoms. The number of methoxy groups -OCH3 is 1. The predicted molar refractivity (Wildman–Crippen MR) is 69.1 cm³/mol. The van der Waals surface area contributed by atoms with Crippen LogP contribution in [-0.4, -0.2) is 25.2 Å². The number of hydrogen-bond donors (Lipinski definition) is 0. The van der Waals surface area contributed by atoms with Crippen molar-refractivity contribution in [2.24, 2.45) is 0 Å². The maximum atomic E-state index is 14.9. The van der Waals surface area contributed by atoms with Crippen LogP contribution in [0.4, 0.5) is 4.39 Å². The Labute approximate surface area is 112 Å². The molecule has 1 aliphatic rings. The lowest BCUT2D eigenvalue weighted by Gasteiger charge is -2.29. The van der Waals surface area contributed by atoms with Crippen LogP contribution in [0.3, 0.4) is 0 Å². The summed E-state index contributed by atoms with van der Waals surface area (Å²) in [6.07, 6.45) is 0.994. The third-order valence-corrected chi connectivity index (χ3v) is 3.53. The standard InChI is InChI=1S/C15H18FNO2/c1-18-15(16,11-12-5-3-2-4-6-12)14-8-7-13(19-14)9-10-17/h2-6,13-14H,7-9,11H2,1H3. The Hall–Kier alpha value is -1.44. The summed E-state index contributed by atoms with van der Waals surface area (Å²) in [5.74, 6) is -1.83. The van der Waals surface area contributed by atoms with Crippen molar-refractivity contribution in [3.05, 3.63) is 35.9 Å². The molecule has 3 nitrogen and oxygen atoms in total. The molecule has 19 heavy (non-hydrogen) atoms. The van der Waals surface area contributed by atoms with Gasteiger partial charge >= 0.3 is 0 Å². The van der Waals surface area contributed by atoms with Gasteiger partial charge < -0.3 is 9.47 Å². The second kappa shape index (κ2) is 6.14. The van der Waals surface area contributed by atoms with E-state index in [0.29, 0.717) is 19.3 Å². The van der Waals surface area contributed by atoms with E-state index >= 15 is 0 Å². The molecule has 4 heteroatoms. The van der Waals surface area contributed by atoms with Crippen LogP contribution in [0, 0.1) is 11.3 Å². The van der Waals surface area contributed by atoms with E-state index in [1.807, 2.05) is 30.3 Å². The fourth-order valence-electron chi connectivity index (χ4n) is 2.47. The first-order chi connectivity index (χ1) is 9.18. The fraction of sp³-hybridized carbons (Fsp3) is 0.533. The number of hydrogen-bond acceptors (Lipinski definition) is 3. The number of nitrogens with zero attached hydrogens (tertiary/aromatic N) is 1. The summed E-state index contributed by atoms with van der Waals surface area (Å²) in [6.45, 7) is 0. The van der Waals surface area contributed by atoms with Gasteiger partial charge in [0, 0.05) is 13.5 Å². The lowest BCUT2D eigenvalue weighted by atomic mass is 9.99. The van der Waals surface area contributed by atoms with Gasteiger partial charge in [-0.1, -0.05) is 30.3 Å². The Morgan fingerprint density at radius 1 is 1.42 bits per heavy atom. The average Bonchev–Trinajstić information content (AvgIpc) is 2.89. The quantitative estimate of drug-likeness (QED) is 0.820. The van der Waals surface area contributed by atoms with Gasteiger partial charge in [0.05, 0.1) is 18.6 Å². The molecule has 0 amide bonds. The van der Waals surface area contributed by atoms with E-state index in [-0.39, 0.29) is 12.5 Å². The van der Waals surface area contributed by atoms with E-state index in [2.05, 4.69) is 6.07 Å². The van der Waals surface area contributed by atoms with Crippen LogP contribution in [0.15, 0.2) is 30.3 Å². The summed E-state index contributed by atoms with van der Waals surface area (Å²) in [5.41, 5.74) is 0.874. The molecule has 1 saturated heterocycles. The van der Waals surface area contributed by atoms with Gasteiger partial charge in [0.25, 0.3) is 0 Å². The van der Waals surface area contributed by atoms with Gasteiger partial charge in [0.2, 0.25) is 5.85 Å². The third-order valence-electron chi connectivity index (χ3n) is 3.53. The number of ether oxygens (including phenoxy) is 2. The molecule has 1 heterocycles. The van der Waals surface area contributed by atoms with Gasteiger partial charge in [-0.05, 0) is 18.4 Å². The number of rotatable bonds is 5. The van der Waals surface area contributed by atoms with E-state index in [1.165, 1.54) is 7.11 Å². The Kier molecular flexibility index (Phi) is 4.52. The second-order valence-electron chi connectivity index (χ2n) is 4.84. The molecule has 1 fully saturated rings. The zero-order chi connectivity index (χ0) is 13.7. The van der Waals surface area contributed by atoms with Crippen LogP contribution in [-0.2, 0) is 15.9 Å². The van der Waals surface area contributed by atoms with Crippen LogP contribution in [0.25, 0.3) is 0 Å². The molecular weight excluding hydrogens is 245 g/mol. The summed E-state index contributed by atoms with van der Waals surface area (Å²) < 4.78 is 25.6. The highest BCUT2D eigenvalue weighted by atomic mass is 19.2. The number of benzene rings is 1. The molecule has 1 aliphatic heterocycles. The summed E-state index contributed by atoms with van der Waals surface area (Å²) in [5, 5.41) is 8.65. The van der Waals surface area contributed by atoms with E-state index in [4.69, 9.17) is 14.7 Å². The first kappa shape index (κ1) is 14.0. The highest BCUT2D eigenvalue weighted by molar-refractivity contribution is 5.17. The number of nitriles is 1. The minimum absolute atomic E-state index is 0.161. The Balaban J connectivity index is 2.04. The van der Waals surface area contributed by atoms with E-state index < -0.39 is 12.0 Å². The fourth-order valence-corrected chi connectivity index (χ4v) is 2.47. The first-order valence-corrected chi connectivity index (χ1v) is 6.48. The lowest BCUT2D eigenvalue weighted by molar-refractivity contribution is -0.201. The van der Waals surface area contributed by atoms with Gasteiger partial charge in [-0.2, -0.15) is 5.26 Å². The topological polar surface area (TPSA) is 42.2 Å². The smallest absolute Gasteiger partial charge is 0.239 e. The highest BCUT2D eigenvalue weighted by Gasteiger charge is 2.44. The van der Waals surface area contributed by atoms with Crippen LogP contribution >= 0.6 is 0 Å². The van der Waals surface area contributed by atoms with E-state index in [1.54, 1.807) is 0 Å². The molecule has 0 aromatic heterocycles. The summed E-state index contributed by atoms with van der Waals surface area (Å²) >= 11 is 0. The molecular formula is C15H18FNO2. The first-order valence-electron chi connectivity index (χ1n) is 6.48. The van der Waals surface area contributed by atoms with Crippen LogP contribution in [0.2, 0.25) is 0 Å². The van der Waals surface area contributed by atoms with Crippen LogP contribution in [0.5, 0.6) is 0 Å². The number of alkyl halides is 1. The van der Waals surface area contributed by atoms with Crippen LogP contribution in [0.1, 0.15) is 24.8 Å². The molecule has 102 valence electrons.